The van der Waals surface area contributed by atoms with Gasteiger partial charge in [0.15, 0.2) is 0 Å². The smallest absolute Gasteiger partial charge is 0.398 e. The molecule has 0 spiro atoms. The lowest BCUT2D eigenvalue weighted by atomic mass is 10.2. The van der Waals surface area contributed by atoms with Gasteiger partial charge in [-0.1, -0.05) is 18.2 Å². The molecule has 19 heavy (non-hydrogen) atoms. The number of halogens is 3. The fourth-order valence-electron chi connectivity index (χ4n) is 1.56. The largest absolute Gasteiger partial charge is 0.433 e. The van der Waals surface area contributed by atoms with E-state index in [2.05, 4.69) is 10.3 Å². The molecule has 1 heterocycles. The second kappa shape index (κ2) is 5.17. The Morgan fingerprint density at radius 3 is 2.42 bits per heavy atom. The molecule has 0 saturated carbocycles. The highest BCUT2D eigenvalue weighted by molar-refractivity contribution is 5.49. The predicted molar refractivity (Wildman–Crippen MR) is 67.4 cm³/mol. The van der Waals surface area contributed by atoms with Crippen molar-refractivity contribution < 1.29 is 13.2 Å². The van der Waals surface area contributed by atoms with E-state index >= 15 is 0 Å². The summed E-state index contributed by atoms with van der Waals surface area (Å²) in [5, 5.41) is 2.97. The van der Waals surface area contributed by atoms with Crippen LogP contribution in [-0.4, -0.2) is 4.98 Å². The monoisotopic (exact) mass is 267 g/mol. The van der Waals surface area contributed by atoms with Crippen molar-refractivity contribution in [1.82, 2.24) is 4.98 Å². The third-order valence-corrected chi connectivity index (χ3v) is 2.59. The van der Waals surface area contributed by atoms with Crippen molar-refractivity contribution in [2.45, 2.75) is 12.7 Å². The zero-order valence-corrected chi connectivity index (χ0v) is 9.91. The Labute approximate surface area is 108 Å². The van der Waals surface area contributed by atoms with Crippen LogP contribution in [0, 0.1) is 0 Å². The van der Waals surface area contributed by atoms with E-state index in [1.807, 2.05) is 18.2 Å². The van der Waals surface area contributed by atoms with Gasteiger partial charge in [0.1, 0.15) is 5.69 Å². The number of hydrogen-bond acceptors (Lipinski definition) is 3. The van der Waals surface area contributed by atoms with Crippen LogP contribution < -0.4 is 11.1 Å². The summed E-state index contributed by atoms with van der Waals surface area (Å²) in [5.41, 5.74) is 6.88. The minimum absolute atomic E-state index is 0.430. The number of rotatable bonds is 3. The quantitative estimate of drug-likeness (QED) is 0.839. The molecule has 0 fully saturated rings. The van der Waals surface area contributed by atoms with Gasteiger partial charge in [0, 0.05) is 12.2 Å². The van der Waals surface area contributed by atoms with E-state index in [0.717, 1.165) is 17.8 Å². The molecule has 3 N–H and O–H groups in total. The topological polar surface area (TPSA) is 50.9 Å². The van der Waals surface area contributed by atoms with E-state index in [9.17, 15) is 13.2 Å². The van der Waals surface area contributed by atoms with Gasteiger partial charge in [-0.05, 0) is 23.8 Å². The number of nitrogen functional groups attached to an aromatic ring is 1. The van der Waals surface area contributed by atoms with Crippen LogP contribution in [0.3, 0.4) is 0 Å². The second-order valence-corrected chi connectivity index (χ2v) is 3.98. The van der Waals surface area contributed by atoms with Gasteiger partial charge in [-0.2, -0.15) is 13.2 Å². The Morgan fingerprint density at radius 1 is 1.11 bits per heavy atom. The molecule has 6 heteroatoms. The van der Waals surface area contributed by atoms with Crippen LogP contribution in [0.15, 0.2) is 42.6 Å². The average molecular weight is 267 g/mol. The second-order valence-electron chi connectivity index (χ2n) is 3.98. The third-order valence-electron chi connectivity index (χ3n) is 2.59. The lowest BCUT2D eigenvalue weighted by molar-refractivity contribution is -0.141. The Kier molecular flexibility index (Phi) is 3.59. The molecule has 0 amide bonds. The van der Waals surface area contributed by atoms with Gasteiger partial charge in [-0.3, -0.25) is 0 Å². The molecular formula is C13H12F3N3. The molecule has 0 aliphatic rings. The van der Waals surface area contributed by atoms with Gasteiger partial charge in [-0.15, -0.1) is 0 Å². The number of nitrogens with one attached hydrogen (secondary N) is 1. The van der Waals surface area contributed by atoms with Gasteiger partial charge >= 0.3 is 6.18 Å². The summed E-state index contributed by atoms with van der Waals surface area (Å²) in [5.74, 6) is 0. The summed E-state index contributed by atoms with van der Waals surface area (Å²) in [6, 6.07) is 9.56. The lowest BCUT2D eigenvalue weighted by Crippen LogP contribution is -2.08. The van der Waals surface area contributed by atoms with Crippen LogP contribution in [0.4, 0.5) is 24.5 Å². The maximum absolute atomic E-state index is 12.3. The van der Waals surface area contributed by atoms with Gasteiger partial charge in [0.25, 0.3) is 0 Å². The third kappa shape index (κ3) is 3.37. The average Bonchev–Trinajstić information content (AvgIpc) is 2.37. The molecule has 100 valence electrons. The van der Waals surface area contributed by atoms with Crippen LogP contribution in [-0.2, 0) is 12.7 Å². The van der Waals surface area contributed by atoms with Crippen molar-refractivity contribution in [2.24, 2.45) is 0 Å². The maximum Gasteiger partial charge on any atom is 0.433 e. The van der Waals surface area contributed by atoms with Crippen molar-refractivity contribution in [2.75, 3.05) is 11.1 Å². The van der Waals surface area contributed by atoms with Crippen LogP contribution >= 0.6 is 0 Å². The molecule has 2 rings (SSSR count). The summed E-state index contributed by atoms with van der Waals surface area (Å²) < 4.78 is 37.0. The predicted octanol–water partition coefficient (Wildman–Crippen LogP) is 3.29. The molecule has 0 aliphatic carbocycles. The Bertz CT molecular complexity index is 550. The first kappa shape index (κ1) is 13.2. The van der Waals surface area contributed by atoms with Crippen molar-refractivity contribution >= 4 is 11.4 Å². The summed E-state index contributed by atoms with van der Waals surface area (Å²) in [4.78, 5) is 3.37. The Balaban J connectivity index is 2.03. The van der Waals surface area contributed by atoms with Crippen LogP contribution in [0.2, 0.25) is 0 Å². The highest BCUT2D eigenvalue weighted by atomic mass is 19.4. The summed E-state index contributed by atoms with van der Waals surface area (Å²) in [7, 11) is 0. The molecule has 0 atom stereocenters. The number of anilines is 2. The van der Waals surface area contributed by atoms with Gasteiger partial charge < -0.3 is 11.1 Å². The number of hydrogen-bond donors (Lipinski definition) is 2. The highest BCUT2D eigenvalue weighted by Crippen LogP contribution is 2.27. The summed E-state index contributed by atoms with van der Waals surface area (Å²) in [6.45, 7) is 0.430. The summed E-state index contributed by atoms with van der Waals surface area (Å²) in [6.07, 6.45) is -3.26. The standard InChI is InChI=1S/C13H12F3N3/c14-13(15,16)12-6-5-10(8-19-12)18-7-9-3-1-2-4-11(9)17/h1-6,8,18H,7,17H2. The van der Waals surface area contributed by atoms with E-state index in [0.29, 0.717) is 17.9 Å². The Hall–Kier alpha value is -2.24. The molecule has 3 nitrogen and oxygen atoms in total. The van der Waals surface area contributed by atoms with E-state index < -0.39 is 11.9 Å². The van der Waals surface area contributed by atoms with Gasteiger partial charge in [-0.25, -0.2) is 4.98 Å². The molecule has 0 aliphatic heterocycles. The fraction of sp³-hybridized carbons (Fsp3) is 0.154. The number of para-hydroxylation sites is 1. The zero-order chi connectivity index (χ0) is 13.9. The van der Waals surface area contributed by atoms with Crippen molar-refractivity contribution in [1.29, 1.82) is 0 Å². The number of aromatic nitrogens is 1. The van der Waals surface area contributed by atoms with Crippen molar-refractivity contribution in [3.05, 3.63) is 53.9 Å². The van der Waals surface area contributed by atoms with E-state index in [4.69, 9.17) is 5.73 Å². The number of nitrogens with two attached hydrogens (primary N) is 1. The number of pyridine rings is 1. The molecule has 1 aromatic carbocycles. The molecule has 0 saturated heterocycles. The first-order chi connectivity index (χ1) is 8.97. The Morgan fingerprint density at radius 2 is 1.84 bits per heavy atom. The number of alkyl halides is 3. The van der Waals surface area contributed by atoms with Crippen LogP contribution in [0.25, 0.3) is 0 Å². The number of nitrogens with zero attached hydrogens (tertiary/aromatic N) is 1. The molecule has 1 aromatic heterocycles. The molecule has 2 aromatic rings. The SMILES string of the molecule is Nc1ccccc1CNc1ccc(C(F)(F)F)nc1. The van der Waals surface area contributed by atoms with Crippen molar-refractivity contribution in [3.63, 3.8) is 0 Å². The highest BCUT2D eigenvalue weighted by Gasteiger charge is 2.31. The minimum atomic E-state index is -4.41. The van der Waals surface area contributed by atoms with Gasteiger partial charge in [0.05, 0.1) is 11.9 Å². The van der Waals surface area contributed by atoms with E-state index in [1.54, 1.807) is 6.07 Å². The van der Waals surface area contributed by atoms with Crippen LogP contribution in [0.5, 0.6) is 0 Å². The first-order valence-corrected chi connectivity index (χ1v) is 5.57. The fourth-order valence-corrected chi connectivity index (χ4v) is 1.56. The molecular weight excluding hydrogens is 255 g/mol. The first-order valence-electron chi connectivity index (χ1n) is 5.57. The molecule has 0 radical (unpaired) electrons. The van der Waals surface area contributed by atoms with E-state index in [1.165, 1.54) is 6.07 Å². The molecule has 0 unspecified atom stereocenters. The lowest BCUT2D eigenvalue weighted by Gasteiger charge is -2.10. The zero-order valence-electron chi connectivity index (χ0n) is 9.91. The van der Waals surface area contributed by atoms with Crippen molar-refractivity contribution in [3.8, 4) is 0 Å². The maximum atomic E-state index is 12.3. The van der Waals surface area contributed by atoms with E-state index in [-0.39, 0.29) is 0 Å². The van der Waals surface area contributed by atoms with Gasteiger partial charge in [0.2, 0.25) is 0 Å². The van der Waals surface area contributed by atoms with Crippen LogP contribution in [0.1, 0.15) is 11.3 Å². The molecule has 0 bridgehead atoms. The minimum Gasteiger partial charge on any atom is -0.398 e. The number of benzene rings is 1. The summed E-state index contributed by atoms with van der Waals surface area (Å²) >= 11 is 0. The normalized spacial score (nSPS) is 11.3.